The Balaban J connectivity index is 1.49. The van der Waals surface area contributed by atoms with E-state index in [4.69, 9.17) is 4.74 Å². The van der Waals surface area contributed by atoms with E-state index in [9.17, 15) is 14.0 Å². The molecule has 28 heavy (non-hydrogen) atoms. The van der Waals surface area contributed by atoms with Gasteiger partial charge in [-0.25, -0.2) is 23.8 Å². The van der Waals surface area contributed by atoms with Gasteiger partial charge in [-0.1, -0.05) is 0 Å². The second-order valence-electron chi connectivity index (χ2n) is 8.01. The number of carbonyl (C=O) groups is 2. The van der Waals surface area contributed by atoms with Gasteiger partial charge >= 0.3 is 6.09 Å². The molecule has 0 saturated carbocycles. The summed E-state index contributed by atoms with van der Waals surface area (Å²) in [7, 11) is 0. The maximum Gasteiger partial charge on any atom is 0.417 e. The van der Waals surface area contributed by atoms with Gasteiger partial charge in [0.1, 0.15) is 11.8 Å². The number of aromatic nitrogens is 3. The summed E-state index contributed by atoms with van der Waals surface area (Å²) in [6.45, 7) is 6.36. The quantitative estimate of drug-likeness (QED) is 0.788. The van der Waals surface area contributed by atoms with Crippen LogP contribution in [0.3, 0.4) is 0 Å². The van der Waals surface area contributed by atoms with Crippen LogP contribution < -0.4 is 4.90 Å². The number of alkyl halides is 1. The van der Waals surface area contributed by atoms with E-state index < -0.39 is 23.8 Å². The summed E-state index contributed by atoms with van der Waals surface area (Å²) in [4.78, 5) is 32.1. The third-order valence-corrected chi connectivity index (χ3v) is 4.65. The zero-order valence-electron chi connectivity index (χ0n) is 16.1. The van der Waals surface area contributed by atoms with Crippen molar-refractivity contribution in [2.75, 3.05) is 18.0 Å². The Kier molecular flexibility index (Phi) is 4.32. The van der Waals surface area contributed by atoms with Gasteiger partial charge in [0, 0.05) is 19.3 Å². The molecule has 4 heterocycles. The molecule has 0 bridgehead atoms. The molecule has 0 aliphatic carbocycles. The van der Waals surface area contributed by atoms with Crippen molar-refractivity contribution in [3.8, 4) is 5.82 Å². The molecule has 9 heteroatoms. The number of nitrogens with zero attached hydrogens (tertiary/aromatic N) is 5. The van der Waals surface area contributed by atoms with E-state index in [0.717, 1.165) is 10.6 Å². The molecule has 2 aromatic heterocycles. The van der Waals surface area contributed by atoms with Crippen molar-refractivity contribution >= 4 is 17.7 Å². The van der Waals surface area contributed by atoms with Gasteiger partial charge in [-0.3, -0.25) is 4.79 Å². The number of imide groups is 1. The summed E-state index contributed by atoms with van der Waals surface area (Å²) in [6.07, 6.45) is 2.30. The summed E-state index contributed by atoms with van der Waals surface area (Å²) in [5.41, 5.74) is 1.04. The van der Waals surface area contributed by atoms with Crippen LogP contribution in [0.5, 0.6) is 0 Å². The van der Waals surface area contributed by atoms with E-state index in [-0.39, 0.29) is 6.54 Å². The van der Waals surface area contributed by atoms with Crippen LogP contribution >= 0.6 is 0 Å². The predicted molar refractivity (Wildman–Crippen MR) is 99.2 cm³/mol. The van der Waals surface area contributed by atoms with E-state index >= 15 is 0 Å². The molecule has 1 saturated heterocycles. The first-order chi connectivity index (χ1) is 13.2. The van der Waals surface area contributed by atoms with Crippen molar-refractivity contribution in [3.63, 3.8) is 0 Å². The van der Waals surface area contributed by atoms with Gasteiger partial charge in [-0.15, -0.1) is 0 Å². The van der Waals surface area contributed by atoms with Crippen molar-refractivity contribution in [2.45, 2.75) is 45.5 Å². The summed E-state index contributed by atoms with van der Waals surface area (Å²) >= 11 is 0. The number of hydrogen-bond acceptors (Lipinski definition) is 6. The molecule has 2 amide bonds. The van der Waals surface area contributed by atoms with Crippen LogP contribution in [0.15, 0.2) is 24.5 Å². The maximum absolute atomic E-state index is 13.4. The lowest BCUT2D eigenvalue weighted by molar-refractivity contribution is 0.0246. The topological polar surface area (TPSA) is 80.6 Å². The summed E-state index contributed by atoms with van der Waals surface area (Å²) in [5, 5.41) is 4.39. The van der Waals surface area contributed by atoms with Crippen LogP contribution in [-0.4, -0.2) is 56.5 Å². The Bertz CT molecular complexity index is 919. The third-order valence-electron chi connectivity index (χ3n) is 4.65. The fraction of sp³-hybridized carbons (Fsp3) is 0.474. The zero-order valence-corrected chi connectivity index (χ0v) is 16.1. The molecule has 0 unspecified atom stereocenters. The number of halogens is 1. The predicted octanol–water partition coefficient (Wildman–Crippen LogP) is 2.71. The number of carbonyl (C=O) groups excluding carboxylic acids is 2. The Labute approximate surface area is 161 Å². The summed E-state index contributed by atoms with van der Waals surface area (Å²) in [6, 6.07) is 3.64. The Morgan fingerprint density at radius 3 is 2.68 bits per heavy atom. The zero-order chi connectivity index (χ0) is 20.1. The highest BCUT2D eigenvalue weighted by Gasteiger charge is 2.37. The number of ether oxygens (including phenoxy) is 1. The fourth-order valence-electron chi connectivity index (χ4n) is 3.31. The van der Waals surface area contributed by atoms with Crippen molar-refractivity contribution < 1.29 is 18.7 Å². The molecule has 2 aliphatic heterocycles. The Hall–Kier alpha value is -2.97. The molecular weight excluding hydrogens is 365 g/mol. The molecule has 1 fully saturated rings. The maximum atomic E-state index is 13.4. The molecule has 4 rings (SSSR count). The van der Waals surface area contributed by atoms with Crippen molar-refractivity contribution in [1.29, 1.82) is 0 Å². The molecule has 0 N–H and O–H groups in total. The van der Waals surface area contributed by atoms with Gasteiger partial charge in [-0.2, -0.15) is 5.10 Å². The molecule has 8 nitrogen and oxygen atoms in total. The number of hydrogen-bond donors (Lipinski definition) is 0. The molecule has 148 valence electrons. The van der Waals surface area contributed by atoms with Crippen LogP contribution in [0, 0.1) is 0 Å². The second kappa shape index (κ2) is 6.57. The molecular formula is C19H22FN5O3. The number of fused-ring (bicyclic) bond motifs is 1. The highest BCUT2D eigenvalue weighted by atomic mass is 19.1. The van der Waals surface area contributed by atoms with Crippen LogP contribution in [0.2, 0.25) is 0 Å². The highest BCUT2D eigenvalue weighted by Crippen LogP contribution is 2.26. The Morgan fingerprint density at radius 2 is 2.11 bits per heavy atom. The number of rotatable bonds is 2. The lowest BCUT2D eigenvalue weighted by atomic mass is 10.2. The monoisotopic (exact) mass is 387 g/mol. The molecule has 2 aromatic rings. The van der Waals surface area contributed by atoms with Gasteiger partial charge in [0.2, 0.25) is 0 Å². The van der Waals surface area contributed by atoms with Crippen LogP contribution in [0.4, 0.5) is 14.9 Å². The van der Waals surface area contributed by atoms with Crippen LogP contribution in [-0.2, 0) is 11.3 Å². The lowest BCUT2D eigenvalue weighted by Gasteiger charge is -2.23. The smallest absolute Gasteiger partial charge is 0.417 e. The first kappa shape index (κ1) is 18.4. The van der Waals surface area contributed by atoms with Gasteiger partial charge in [0.05, 0.1) is 29.7 Å². The van der Waals surface area contributed by atoms with Crippen LogP contribution in [0.25, 0.3) is 5.82 Å². The minimum Gasteiger partial charge on any atom is -0.443 e. The normalized spacial score (nSPS) is 19.3. The number of amides is 2. The first-order valence-corrected chi connectivity index (χ1v) is 9.20. The van der Waals surface area contributed by atoms with Gasteiger partial charge in [0.25, 0.3) is 5.91 Å². The molecule has 0 aromatic carbocycles. The van der Waals surface area contributed by atoms with Crippen LogP contribution in [0.1, 0.15) is 43.2 Å². The fourth-order valence-corrected chi connectivity index (χ4v) is 3.31. The highest BCUT2D eigenvalue weighted by molar-refractivity contribution is 6.06. The second-order valence-corrected chi connectivity index (χ2v) is 8.01. The lowest BCUT2D eigenvalue weighted by Crippen LogP contribution is -2.37. The van der Waals surface area contributed by atoms with E-state index in [0.29, 0.717) is 36.6 Å². The summed E-state index contributed by atoms with van der Waals surface area (Å²) in [5.74, 6) is 0.115. The first-order valence-electron chi connectivity index (χ1n) is 9.20. The van der Waals surface area contributed by atoms with Gasteiger partial charge in [-0.05, 0) is 39.3 Å². The van der Waals surface area contributed by atoms with Gasteiger partial charge in [0.15, 0.2) is 5.82 Å². The minimum absolute atomic E-state index is 0.0693. The van der Waals surface area contributed by atoms with E-state index in [1.54, 1.807) is 39.2 Å². The number of anilines is 1. The van der Waals surface area contributed by atoms with Crippen molar-refractivity contribution in [2.24, 2.45) is 0 Å². The average molecular weight is 387 g/mol. The number of pyridine rings is 1. The standard InChI is InChI=1S/C19H22FN5O3/c1-19(2,3)28-18(27)24-11-15-14(17(24)26)10-25(22-15)16-5-4-13(8-21-16)23-7-6-12(20)9-23/h4-5,8,10,12H,6-7,9,11H2,1-3H3/t12-/m0/s1. The largest absolute Gasteiger partial charge is 0.443 e. The molecule has 0 radical (unpaired) electrons. The van der Waals surface area contributed by atoms with Crippen molar-refractivity contribution in [1.82, 2.24) is 19.7 Å². The van der Waals surface area contributed by atoms with E-state index in [1.165, 1.54) is 4.68 Å². The molecule has 0 spiro atoms. The Morgan fingerprint density at radius 1 is 1.32 bits per heavy atom. The third kappa shape index (κ3) is 3.44. The van der Waals surface area contributed by atoms with Gasteiger partial charge < -0.3 is 9.64 Å². The van der Waals surface area contributed by atoms with E-state index in [2.05, 4.69) is 10.1 Å². The van der Waals surface area contributed by atoms with Crippen molar-refractivity contribution in [3.05, 3.63) is 35.8 Å². The summed E-state index contributed by atoms with van der Waals surface area (Å²) < 4.78 is 20.1. The SMILES string of the molecule is CC(C)(C)OC(=O)N1Cc2nn(-c3ccc(N4CC[C@H](F)C4)cn3)cc2C1=O. The van der Waals surface area contributed by atoms with E-state index in [1.807, 2.05) is 11.0 Å². The average Bonchev–Trinajstić information content (AvgIpc) is 3.30. The molecule has 1 atom stereocenters. The molecule has 2 aliphatic rings. The minimum atomic E-state index is -0.798.